The van der Waals surface area contributed by atoms with Crippen molar-refractivity contribution in [2.75, 3.05) is 18.5 Å². The number of nitrogens with two attached hydrogens (primary N) is 1. The molecule has 4 rings (SSSR count). The lowest BCUT2D eigenvalue weighted by atomic mass is 10.1. The maximum Gasteiger partial charge on any atom is 0.154 e. The minimum atomic E-state index is -0.254. The number of hydrogen-bond acceptors (Lipinski definition) is 5. The molecule has 6 nitrogen and oxygen atoms in total. The van der Waals surface area contributed by atoms with E-state index in [1.165, 1.54) is 12.1 Å². The normalized spacial score (nSPS) is 12.1. The van der Waals surface area contributed by atoms with Gasteiger partial charge in [-0.2, -0.15) is 0 Å². The van der Waals surface area contributed by atoms with Crippen LogP contribution in [0.4, 0.5) is 10.2 Å². The van der Waals surface area contributed by atoms with E-state index in [2.05, 4.69) is 15.4 Å². The minimum absolute atomic E-state index is 0.0957. The smallest absolute Gasteiger partial charge is 0.154 e. The van der Waals surface area contributed by atoms with Gasteiger partial charge in [0.25, 0.3) is 0 Å². The molecule has 0 bridgehead atoms. The van der Waals surface area contributed by atoms with Crippen LogP contribution >= 0.6 is 0 Å². The number of aromatic nitrogens is 3. The number of anilines is 1. The van der Waals surface area contributed by atoms with Gasteiger partial charge in [-0.25, -0.2) is 13.9 Å². The molecule has 1 atom stereocenters. The van der Waals surface area contributed by atoms with Gasteiger partial charge in [0.1, 0.15) is 24.0 Å². The predicted octanol–water partition coefficient (Wildman–Crippen LogP) is 4.05. The molecule has 29 heavy (non-hydrogen) atoms. The second-order valence-electron chi connectivity index (χ2n) is 6.71. The molecule has 0 spiro atoms. The molecule has 2 heterocycles. The summed E-state index contributed by atoms with van der Waals surface area (Å²) < 4.78 is 20.8. The SMILES string of the molecule is C[C@@H](Nc1ccc2ncc(-c3ccc(OCCN)cc3)n2n1)c1cccc(F)c1. The number of nitrogens with zero attached hydrogens (tertiary/aromatic N) is 3. The summed E-state index contributed by atoms with van der Waals surface area (Å²) >= 11 is 0. The van der Waals surface area contributed by atoms with Gasteiger partial charge in [0.05, 0.1) is 17.9 Å². The summed E-state index contributed by atoms with van der Waals surface area (Å²) in [7, 11) is 0. The molecule has 2 aromatic heterocycles. The Kier molecular flexibility index (Phi) is 5.39. The molecule has 0 amide bonds. The van der Waals surface area contributed by atoms with Gasteiger partial charge in [0.15, 0.2) is 5.65 Å². The Morgan fingerprint density at radius 3 is 2.72 bits per heavy atom. The van der Waals surface area contributed by atoms with Gasteiger partial charge in [-0.1, -0.05) is 12.1 Å². The van der Waals surface area contributed by atoms with Crippen molar-refractivity contribution >= 4 is 11.5 Å². The topological polar surface area (TPSA) is 77.5 Å². The number of benzene rings is 2. The summed E-state index contributed by atoms with van der Waals surface area (Å²) in [6.07, 6.45) is 1.79. The molecular weight excluding hydrogens is 369 g/mol. The fourth-order valence-corrected chi connectivity index (χ4v) is 3.13. The monoisotopic (exact) mass is 391 g/mol. The molecule has 0 fully saturated rings. The lowest BCUT2D eigenvalue weighted by Crippen LogP contribution is -2.10. The molecule has 0 unspecified atom stereocenters. The van der Waals surface area contributed by atoms with Crippen LogP contribution in [0.3, 0.4) is 0 Å². The van der Waals surface area contributed by atoms with E-state index >= 15 is 0 Å². The average molecular weight is 391 g/mol. The van der Waals surface area contributed by atoms with E-state index in [1.54, 1.807) is 16.8 Å². The minimum Gasteiger partial charge on any atom is -0.492 e. The van der Waals surface area contributed by atoms with Crippen LogP contribution in [0.5, 0.6) is 5.75 Å². The second-order valence-corrected chi connectivity index (χ2v) is 6.71. The molecular formula is C22H22FN5O. The molecule has 4 aromatic rings. The molecule has 0 saturated carbocycles. The van der Waals surface area contributed by atoms with Crippen LogP contribution in [0, 0.1) is 5.82 Å². The summed E-state index contributed by atoms with van der Waals surface area (Å²) in [6.45, 7) is 2.92. The summed E-state index contributed by atoms with van der Waals surface area (Å²) in [5.74, 6) is 1.19. The van der Waals surface area contributed by atoms with Crippen molar-refractivity contribution in [3.05, 3.63) is 78.2 Å². The average Bonchev–Trinajstić information content (AvgIpc) is 3.16. The van der Waals surface area contributed by atoms with E-state index in [-0.39, 0.29) is 11.9 Å². The van der Waals surface area contributed by atoms with Crippen molar-refractivity contribution < 1.29 is 9.13 Å². The molecule has 2 aromatic carbocycles. The fourth-order valence-electron chi connectivity index (χ4n) is 3.13. The third kappa shape index (κ3) is 4.20. The van der Waals surface area contributed by atoms with E-state index in [0.29, 0.717) is 19.0 Å². The first kappa shape index (κ1) is 18.9. The van der Waals surface area contributed by atoms with Gasteiger partial charge >= 0.3 is 0 Å². The van der Waals surface area contributed by atoms with Crippen LogP contribution in [0.25, 0.3) is 16.9 Å². The first-order valence-corrected chi connectivity index (χ1v) is 9.44. The highest BCUT2D eigenvalue weighted by Crippen LogP contribution is 2.24. The highest BCUT2D eigenvalue weighted by molar-refractivity contribution is 5.64. The van der Waals surface area contributed by atoms with Gasteiger partial charge in [-0.3, -0.25) is 0 Å². The number of hydrogen-bond donors (Lipinski definition) is 2. The molecule has 7 heteroatoms. The largest absolute Gasteiger partial charge is 0.492 e. The third-order valence-electron chi connectivity index (χ3n) is 4.61. The molecule has 0 saturated heterocycles. The third-order valence-corrected chi connectivity index (χ3v) is 4.61. The van der Waals surface area contributed by atoms with Gasteiger partial charge < -0.3 is 15.8 Å². The number of imidazole rings is 1. The Bertz CT molecular complexity index is 1110. The van der Waals surface area contributed by atoms with Crippen LogP contribution in [0.15, 0.2) is 66.9 Å². The zero-order chi connectivity index (χ0) is 20.2. The fraction of sp³-hybridized carbons (Fsp3) is 0.182. The maximum atomic E-state index is 13.5. The van der Waals surface area contributed by atoms with E-state index in [4.69, 9.17) is 10.5 Å². The molecule has 0 radical (unpaired) electrons. The summed E-state index contributed by atoms with van der Waals surface area (Å²) in [5.41, 5.74) is 8.91. The van der Waals surface area contributed by atoms with Crippen LogP contribution in [-0.2, 0) is 0 Å². The number of nitrogens with one attached hydrogen (secondary N) is 1. The van der Waals surface area contributed by atoms with Crippen LogP contribution in [-0.4, -0.2) is 27.7 Å². The molecule has 148 valence electrons. The van der Waals surface area contributed by atoms with Crippen LogP contribution < -0.4 is 15.8 Å². The Morgan fingerprint density at radius 1 is 1.14 bits per heavy atom. The zero-order valence-electron chi connectivity index (χ0n) is 16.0. The van der Waals surface area contributed by atoms with Gasteiger partial charge in [0, 0.05) is 12.1 Å². The molecule has 0 aliphatic heterocycles. The first-order chi connectivity index (χ1) is 14.1. The van der Waals surface area contributed by atoms with Crippen molar-refractivity contribution in [1.29, 1.82) is 0 Å². The highest BCUT2D eigenvalue weighted by Gasteiger charge is 2.11. The van der Waals surface area contributed by atoms with E-state index in [1.807, 2.05) is 49.4 Å². The lowest BCUT2D eigenvalue weighted by molar-refractivity contribution is 0.328. The predicted molar refractivity (Wildman–Crippen MR) is 111 cm³/mol. The van der Waals surface area contributed by atoms with Gasteiger partial charge in [-0.15, -0.1) is 5.10 Å². The Balaban J connectivity index is 1.59. The standard InChI is InChI=1S/C22H22FN5O/c1-15(17-3-2-4-18(23)13-17)26-21-9-10-22-25-14-20(28(22)27-21)16-5-7-19(8-6-16)29-12-11-24/h2-10,13-15H,11-12,24H2,1H3,(H,26,27)/t15-/m1/s1. The number of fused-ring (bicyclic) bond motifs is 1. The second kappa shape index (κ2) is 8.28. The molecule has 0 aliphatic carbocycles. The van der Waals surface area contributed by atoms with Crippen molar-refractivity contribution in [3.63, 3.8) is 0 Å². The van der Waals surface area contributed by atoms with Crippen molar-refractivity contribution in [1.82, 2.24) is 14.6 Å². The number of ether oxygens (including phenoxy) is 1. The Labute approximate surface area is 168 Å². The van der Waals surface area contributed by atoms with E-state index in [9.17, 15) is 4.39 Å². The zero-order valence-corrected chi connectivity index (χ0v) is 16.0. The van der Waals surface area contributed by atoms with Crippen molar-refractivity contribution in [2.45, 2.75) is 13.0 Å². The van der Waals surface area contributed by atoms with E-state index in [0.717, 1.165) is 28.2 Å². The summed E-state index contributed by atoms with van der Waals surface area (Å²) in [5, 5.41) is 7.99. The lowest BCUT2D eigenvalue weighted by Gasteiger charge is -2.15. The van der Waals surface area contributed by atoms with Gasteiger partial charge in [0.2, 0.25) is 0 Å². The van der Waals surface area contributed by atoms with E-state index < -0.39 is 0 Å². The molecule has 3 N–H and O–H groups in total. The Morgan fingerprint density at radius 2 is 1.97 bits per heavy atom. The summed E-state index contributed by atoms with van der Waals surface area (Å²) in [4.78, 5) is 4.43. The van der Waals surface area contributed by atoms with Crippen molar-refractivity contribution in [2.24, 2.45) is 5.73 Å². The van der Waals surface area contributed by atoms with Crippen LogP contribution in [0.2, 0.25) is 0 Å². The number of rotatable bonds is 7. The quantitative estimate of drug-likeness (QED) is 0.497. The van der Waals surface area contributed by atoms with Gasteiger partial charge in [-0.05, 0) is 61.0 Å². The Hall–Kier alpha value is -3.45. The van der Waals surface area contributed by atoms with Crippen LogP contribution in [0.1, 0.15) is 18.5 Å². The first-order valence-electron chi connectivity index (χ1n) is 9.44. The van der Waals surface area contributed by atoms with Crippen molar-refractivity contribution in [3.8, 4) is 17.0 Å². The summed E-state index contributed by atoms with van der Waals surface area (Å²) in [6, 6.07) is 17.9. The molecule has 0 aliphatic rings. The highest BCUT2D eigenvalue weighted by atomic mass is 19.1. The maximum absolute atomic E-state index is 13.5. The number of halogens is 1.